The summed E-state index contributed by atoms with van der Waals surface area (Å²) in [6, 6.07) is 19.7. The molecule has 2 saturated heterocycles. The SMILES string of the molecule is CCCC[C@H](Oc1ccc2c(c1)CN(C1CCC(=O)NC1=O)C2=O)N1CCN(c2ccc(C(=O)NC3C(C)(C)C(Oc4ccc(C#N)c(Cl)c4)C3(C)C)cc2)CC1. The summed E-state index contributed by atoms with van der Waals surface area (Å²) in [5.74, 6) is 0.230. The molecule has 3 heterocycles. The van der Waals surface area contributed by atoms with Gasteiger partial charge in [0.1, 0.15) is 29.7 Å². The number of halogens is 1. The van der Waals surface area contributed by atoms with Gasteiger partial charge in [-0.25, -0.2) is 0 Å². The maximum absolute atomic E-state index is 13.6. The maximum atomic E-state index is 13.6. The fourth-order valence-corrected chi connectivity index (χ4v) is 9.59. The minimum absolute atomic E-state index is 0.132. The van der Waals surface area contributed by atoms with Crippen LogP contribution in [0.25, 0.3) is 0 Å². The molecule has 300 valence electrons. The third-order valence-electron chi connectivity index (χ3n) is 12.2. The first-order valence-electron chi connectivity index (χ1n) is 19.9. The number of nitrogens with one attached hydrogen (secondary N) is 2. The Balaban J connectivity index is 0.933. The van der Waals surface area contributed by atoms with Gasteiger partial charge < -0.3 is 24.6 Å². The minimum atomic E-state index is -0.654. The van der Waals surface area contributed by atoms with E-state index in [0.717, 1.165) is 56.7 Å². The third kappa shape index (κ3) is 7.92. The first-order valence-corrected chi connectivity index (χ1v) is 20.3. The van der Waals surface area contributed by atoms with Crippen molar-refractivity contribution in [2.75, 3.05) is 31.1 Å². The molecule has 0 aromatic heterocycles. The molecule has 3 aromatic carbocycles. The summed E-state index contributed by atoms with van der Waals surface area (Å²) in [5, 5.41) is 15.2. The number of unbranched alkanes of at least 4 members (excludes halogenated alkanes) is 1. The Labute approximate surface area is 339 Å². The standard InChI is InChI=1S/C44H51ClN6O6/c1-6-7-8-37(56-31-15-16-33-29(23-31)26-51(40(33)55)35-17-18-36(52)47-39(35)54)50-21-19-49(20-22-50)30-12-9-27(10-13-30)38(53)48-41-43(2,3)42(44(41,4)5)57-32-14-11-28(25-46)34(45)24-32/h9-16,23-24,35,37,41-42H,6-8,17-22,26H2,1-5H3,(H,48,53)(H,47,52,54)/t35?,37-,41?,42?/m0/s1. The van der Waals surface area contributed by atoms with E-state index >= 15 is 0 Å². The van der Waals surface area contributed by atoms with E-state index in [1.54, 1.807) is 29.2 Å². The number of amides is 4. The van der Waals surface area contributed by atoms with Gasteiger partial charge in [0.05, 0.1) is 10.6 Å². The second kappa shape index (κ2) is 16.0. The Morgan fingerprint density at radius 3 is 2.33 bits per heavy atom. The number of carbonyl (C=O) groups is 4. The van der Waals surface area contributed by atoms with Crippen molar-refractivity contribution in [3.8, 4) is 17.6 Å². The van der Waals surface area contributed by atoms with Gasteiger partial charge in [0.2, 0.25) is 11.8 Å². The molecule has 2 N–H and O–H groups in total. The fraction of sp³-hybridized carbons (Fsp3) is 0.477. The molecule has 3 fully saturated rings. The van der Waals surface area contributed by atoms with Crippen LogP contribution in [0.3, 0.4) is 0 Å². The molecule has 3 aliphatic heterocycles. The molecule has 3 aromatic rings. The van der Waals surface area contributed by atoms with Gasteiger partial charge in [0, 0.05) is 78.9 Å². The molecular weight excluding hydrogens is 744 g/mol. The maximum Gasteiger partial charge on any atom is 0.255 e. The Morgan fingerprint density at radius 2 is 1.68 bits per heavy atom. The molecule has 13 heteroatoms. The number of carbonyl (C=O) groups excluding carboxylic acids is 4. The summed E-state index contributed by atoms with van der Waals surface area (Å²) < 4.78 is 13.0. The predicted octanol–water partition coefficient (Wildman–Crippen LogP) is 6.30. The fourth-order valence-electron chi connectivity index (χ4n) is 9.38. The van der Waals surface area contributed by atoms with Crippen molar-refractivity contribution in [2.24, 2.45) is 10.8 Å². The number of piperidine rings is 1. The van der Waals surface area contributed by atoms with Crippen molar-refractivity contribution in [3.63, 3.8) is 0 Å². The number of hydrogen-bond donors (Lipinski definition) is 2. The molecule has 0 spiro atoms. The zero-order valence-corrected chi connectivity index (χ0v) is 34.0. The molecule has 57 heavy (non-hydrogen) atoms. The number of anilines is 1. The van der Waals surface area contributed by atoms with E-state index in [4.69, 9.17) is 21.1 Å². The van der Waals surface area contributed by atoms with Crippen LogP contribution in [0.15, 0.2) is 60.7 Å². The van der Waals surface area contributed by atoms with Gasteiger partial charge >= 0.3 is 0 Å². The van der Waals surface area contributed by atoms with E-state index in [0.29, 0.717) is 46.2 Å². The van der Waals surface area contributed by atoms with Gasteiger partial charge in [-0.3, -0.25) is 29.4 Å². The van der Waals surface area contributed by atoms with Crippen molar-refractivity contribution in [1.82, 2.24) is 20.4 Å². The van der Waals surface area contributed by atoms with Crippen molar-refractivity contribution < 1.29 is 28.7 Å². The first kappa shape index (κ1) is 40.1. The Hall–Kier alpha value is -5.12. The van der Waals surface area contributed by atoms with E-state index in [2.05, 4.69) is 61.1 Å². The van der Waals surface area contributed by atoms with Crippen LogP contribution in [-0.2, 0) is 16.1 Å². The highest BCUT2D eigenvalue weighted by Gasteiger charge is 2.64. The number of nitriles is 1. The highest BCUT2D eigenvalue weighted by molar-refractivity contribution is 6.31. The quantitative estimate of drug-likeness (QED) is 0.202. The number of imide groups is 1. The Bertz CT molecular complexity index is 2070. The molecule has 0 bridgehead atoms. The molecular formula is C44H51ClN6O6. The second-order valence-corrected chi connectivity index (χ2v) is 17.2. The van der Waals surface area contributed by atoms with Gasteiger partial charge in [-0.2, -0.15) is 5.26 Å². The van der Waals surface area contributed by atoms with Gasteiger partial charge in [0.25, 0.3) is 11.8 Å². The first-order chi connectivity index (χ1) is 27.2. The number of hydrogen-bond acceptors (Lipinski definition) is 9. The normalized spacial score (nSPS) is 23.2. The lowest BCUT2D eigenvalue weighted by Gasteiger charge is -2.63. The van der Waals surface area contributed by atoms with Crippen molar-refractivity contribution in [3.05, 3.63) is 87.9 Å². The van der Waals surface area contributed by atoms with Crippen LogP contribution < -0.4 is 25.0 Å². The monoisotopic (exact) mass is 794 g/mol. The number of rotatable bonds is 12. The Kier molecular flexibility index (Phi) is 11.3. The smallest absolute Gasteiger partial charge is 0.255 e. The number of piperazine rings is 1. The molecule has 2 atom stereocenters. The topological polar surface area (TPSA) is 144 Å². The lowest BCUT2D eigenvalue weighted by atomic mass is 9.49. The molecule has 4 amide bonds. The number of benzene rings is 3. The highest BCUT2D eigenvalue weighted by Crippen LogP contribution is 2.55. The van der Waals surface area contributed by atoms with Crippen LogP contribution >= 0.6 is 11.6 Å². The lowest BCUT2D eigenvalue weighted by molar-refractivity contribution is -0.164. The van der Waals surface area contributed by atoms with Crippen LogP contribution in [-0.4, -0.2) is 84.0 Å². The van der Waals surface area contributed by atoms with E-state index in [1.807, 2.05) is 36.4 Å². The summed E-state index contributed by atoms with van der Waals surface area (Å²) >= 11 is 6.26. The number of fused-ring (bicyclic) bond motifs is 1. The summed E-state index contributed by atoms with van der Waals surface area (Å²) in [6.45, 7) is 14.0. The van der Waals surface area contributed by atoms with Crippen LogP contribution in [0.5, 0.6) is 11.5 Å². The van der Waals surface area contributed by atoms with E-state index in [1.165, 1.54) is 0 Å². The summed E-state index contributed by atoms with van der Waals surface area (Å²) in [6.07, 6.45) is 3.13. The molecule has 12 nitrogen and oxygen atoms in total. The average Bonchev–Trinajstić information content (AvgIpc) is 3.52. The van der Waals surface area contributed by atoms with E-state index in [-0.39, 0.29) is 53.3 Å². The molecule has 0 radical (unpaired) electrons. The van der Waals surface area contributed by atoms with Crippen LogP contribution in [0, 0.1) is 22.2 Å². The van der Waals surface area contributed by atoms with E-state index < -0.39 is 11.9 Å². The zero-order chi connectivity index (χ0) is 40.6. The summed E-state index contributed by atoms with van der Waals surface area (Å²) in [7, 11) is 0. The Morgan fingerprint density at radius 1 is 0.982 bits per heavy atom. The summed E-state index contributed by atoms with van der Waals surface area (Å²) in [5.41, 5.74) is 2.70. The van der Waals surface area contributed by atoms with Gasteiger partial charge in [-0.05, 0) is 79.4 Å². The van der Waals surface area contributed by atoms with Crippen molar-refractivity contribution in [1.29, 1.82) is 5.26 Å². The van der Waals surface area contributed by atoms with Gasteiger partial charge in [-0.15, -0.1) is 0 Å². The molecule has 1 unspecified atom stereocenters. The van der Waals surface area contributed by atoms with Crippen LogP contribution in [0.4, 0.5) is 5.69 Å². The molecule has 7 rings (SSSR count). The highest BCUT2D eigenvalue weighted by atomic mass is 35.5. The van der Waals surface area contributed by atoms with Gasteiger partial charge in [-0.1, -0.05) is 52.6 Å². The predicted molar refractivity (Wildman–Crippen MR) is 216 cm³/mol. The van der Waals surface area contributed by atoms with Crippen LogP contribution in [0.2, 0.25) is 5.02 Å². The molecule has 1 saturated carbocycles. The zero-order valence-electron chi connectivity index (χ0n) is 33.3. The third-order valence-corrected chi connectivity index (χ3v) is 12.5. The summed E-state index contributed by atoms with van der Waals surface area (Å²) in [4.78, 5) is 57.2. The van der Waals surface area contributed by atoms with E-state index in [9.17, 15) is 24.4 Å². The lowest BCUT2D eigenvalue weighted by Crippen LogP contribution is -2.74. The van der Waals surface area contributed by atoms with Crippen molar-refractivity contribution in [2.45, 2.75) is 97.7 Å². The minimum Gasteiger partial charge on any atom is -0.489 e. The molecule has 4 aliphatic rings. The second-order valence-electron chi connectivity index (χ2n) is 16.8. The molecule has 1 aliphatic carbocycles. The van der Waals surface area contributed by atoms with Crippen molar-refractivity contribution >= 4 is 40.9 Å². The average molecular weight is 795 g/mol. The van der Waals surface area contributed by atoms with Crippen LogP contribution in [0.1, 0.15) is 98.6 Å². The van der Waals surface area contributed by atoms with Gasteiger partial charge in [0.15, 0.2) is 6.23 Å². The number of ether oxygens (including phenoxy) is 2. The number of nitrogens with zero attached hydrogens (tertiary/aromatic N) is 4. The largest absolute Gasteiger partial charge is 0.489 e.